The molecule has 0 aromatic carbocycles. The lowest BCUT2D eigenvalue weighted by atomic mass is 10.1. The predicted molar refractivity (Wildman–Crippen MR) is 65.2 cm³/mol. The zero-order chi connectivity index (χ0) is 12.8. The zero-order valence-corrected chi connectivity index (χ0v) is 10.2. The van der Waals surface area contributed by atoms with E-state index in [1.807, 2.05) is 0 Å². The third-order valence-corrected chi connectivity index (χ3v) is 2.96. The number of thioether (sulfide) groups is 1. The van der Waals surface area contributed by atoms with Crippen molar-refractivity contribution >= 4 is 22.8 Å². The van der Waals surface area contributed by atoms with Gasteiger partial charge in [0.1, 0.15) is 6.10 Å². The molecule has 0 spiro atoms. The topological polar surface area (TPSA) is 109 Å². The van der Waals surface area contributed by atoms with Crippen LogP contribution in [0.4, 0.5) is 5.95 Å². The standard InChI is InChI=1S/C10H15N3O3S/c1-6(14)17-3-2-8(15)9(16)7-4-12-10(11)13-5-7/h4-5,8-9,15-16H,2-3H2,1H3,(H2,11,12,13). The minimum atomic E-state index is -1.07. The van der Waals surface area contributed by atoms with E-state index in [2.05, 4.69) is 9.97 Å². The first-order chi connectivity index (χ1) is 8.00. The molecule has 0 fully saturated rings. The van der Waals surface area contributed by atoms with Gasteiger partial charge >= 0.3 is 0 Å². The number of aliphatic hydroxyl groups is 2. The maximum absolute atomic E-state index is 10.7. The molecule has 1 aromatic heterocycles. The van der Waals surface area contributed by atoms with Crippen LogP contribution in [-0.4, -0.2) is 37.2 Å². The smallest absolute Gasteiger partial charge is 0.219 e. The van der Waals surface area contributed by atoms with E-state index in [0.717, 1.165) is 11.8 Å². The number of hydrogen-bond acceptors (Lipinski definition) is 7. The van der Waals surface area contributed by atoms with Crippen LogP contribution in [0.1, 0.15) is 25.0 Å². The Bertz CT molecular complexity index is 372. The van der Waals surface area contributed by atoms with E-state index < -0.39 is 12.2 Å². The average molecular weight is 257 g/mol. The molecule has 17 heavy (non-hydrogen) atoms. The highest BCUT2D eigenvalue weighted by molar-refractivity contribution is 8.13. The Morgan fingerprint density at radius 1 is 1.47 bits per heavy atom. The largest absolute Gasteiger partial charge is 0.390 e. The summed E-state index contributed by atoms with van der Waals surface area (Å²) in [7, 11) is 0. The second-order valence-corrected chi connectivity index (χ2v) is 4.79. The number of carbonyl (C=O) groups excluding carboxylic acids is 1. The van der Waals surface area contributed by atoms with Gasteiger partial charge in [-0.1, -0.05) is 11.8 Å². The fraction of sp³-hybridized carbons (Fsp3) is 0.500. The summed E-state index contributed by atoms with van der Waals surface area (Å²) in [6.07, 6.45) is 1.04. The molecule has 94 valence electrons. The summed E-state index contributed by atoms with van der Waals surface area (Å²) >= 11 is 1.11. The Hall–Kier alpha value is -1.18. The highest BCUT2D eigenvalue weighted by atomic mass is 32.2. The summed E-state index contributed by atoms with van der Waals surface area (Å²) < 4.78 is 0. The second-order valence-electron chi connectivity index (χ2n) is 3.52. The summed E-state index contributed by atoms with van der Waals surface area (Å²) in [6.45, 7) is 1.46. The Kier molecular flexibility index (Phi) is 5.33. The molecular formula is C10H15N3O3S. The third kappa shape index (κ3) is 4.68. The van der Waals surface area contributed by atoms with E-state index in [4.69, 9.17) is 5.73 Å². The van der Waals surface area contributed by atoms with Gasteiger partial charge in [-0.05, 0) is 6.42 Å². The quantitative estimate of drug-likeness (QED) is 0.687. The molecule has 2 atom stereocenters. The van der Waals surface area contributed by atoms with Crippen LogP contribution in [0, 0.1) is 0 Å². The number of aromatic nitrogens is 2. The van der Waals surface area contributed by atoms with Gasteiger partial charge in [-0.3, -0.25) is 4.79 Å². The van der Waals surface area contributed by atoms with Crippen LogP contribution in [0.3, 0.4) is 0 Å². The molecule has 0 amide bonds. The van der Waals surface area contributed by atoms with Gasteiger partial charge in [0.15, 0.2) is 5.12 Å². The van der Waals surface area contributed by atoms with Crippen LogP contribution < -0.4 is 5.73 Å². The van der Waals surface area contributed by atoms with Crippen molar-refractivity contribution < 1.29 is 15.0 Å². The molecular weight excluding hydrogens is 242 g/mol. The van der Waals surface area contributed by atoms with Crippen LogP contribution in [0.5, 0.6) is 0 Å². The van der Waals surface area contributed by atoms with Crippen LogP contribution in [0.15, 0.2) is 12.4 Å². The first-order valence-corrected chi connectivity index (χ1v) is 6.06. The summed E-state index contributed by atoms with van der Waals surface area (Å²) in [6, 6.07) is 0. The van der Waals surface area contributed by atoms with Crippen molar-refractivity contribution in [3.63, 3.8) is 0 Å². The summed E-state index contributed by atoms with van der Waals surface area (Å²) in [4.78, 5) is 18.1. The lowest BCUT2D eigenvalue weighted by Crippen LogP contribution is -2.19. The van der Waals surface area contributed by atoms with Crippen LogP contribution >= 0.6 is 11.8 Å². The van der Waals surface area contributed by atoms with Gasteiger partial charge in [0, 0.05) is 30.6 Å². The predicted octanol–water partition coefficient (Wildman–Crippen LogP) is 0.123. The molecule has 1 rings (SSSR count). The molecule has 0 aliphatic heterocycles. The second kappa shape index (κ2) is 6.53. The number of rotatable bonds is 5. The van der Waals surface area contributed by atoms with Gasteiger partial charge in [-0.2, -0.15) is 0 Å². The van der Waals surface area contributed by atoms with Gasteiger partial charge in [0.2, 0.25) is 5.95 Å². The first kappa shape index (κ1) is 13.9. The van der Waals surface area contributed by atoms with Crippen LogP contribution in [0.2, 0.25) is 0 Å². The summed E-state index contributed by atoms with van der Waals surface area (Å²) in [5.41, 5.74) is 5.71. The average Bonchev–Trinajstić information content (AvgIpc) is 2.28. The lowest BCUT2D eigenvalue weighted by molar-refractivity contribution is -0.109. The van der Waals surface area contributed by atoms with E-state index in [0.29, 0.717) is 17.7 Å². The SMILES string of the molecule is CC(=O)SCCC(O)C(O)c1cnc(N)nc1. The molecule has 1 heterocycles. The van der Waals surface area contributed by atoms with Gasteiger partial charge in [-0.25, -0.2) is 9.97 Å². The van der Waals surface area contributed by atoms with Crippen molar-refractivity contribution in [3.8, 4) is 0 Å². The van der Waals surface area contributed by atoms with Crippen molar-refractivity contribution in [2.24, 2.45) is 0 Å². The van der Waals surface area contributed by atoms with E-state index in [1.54, 1.807) is 0 Å². The number of anilines is 1. The van der Waals surface area contributed by atoms with E-state index >= 15 is 0 Å². The van der Waals surface area contributed by atoms with Crippen molar-refractivity contribution in [1.29, 1.82) is 0 Å². The van der Waals surface area contributed by atoms with Crippen LogP contribution in [0.25, 0.3) is 0 Å². The minimum absolute atomic E-state index is 0.0116. The van der Waals surface area contributed by atoms with Gasteiger partial charge in [0.05, 0.1) is 6.10 Å². The third-order valence-electron chi connectivity index (χ3n) is 2.12. The maximum atomic E-state index is 10.7. The summed E-state index contributed by atoms with van der Waals surface area (Å²) in [5.74, 6) is 0.575. The number of nitrogens with zero attached hydrogens (tertiary/aromatic N) is 2. The molecule has 1 aromatic rings. The summed E-state index contributed by atoms with van der Waals surface area (Å²) in [5, 5.41) is 19.5. The lowest BCUT2D eigenvalue weighted by Gasteiger charge is -2.16. The Morgan fingerprint density at radius 3 is 2.59 bits per heavy atom. The van der Waals surface area contributed by atoms with Gasteiger partial charge in [0.25, 0.3) is 0 Å². The van der Waals surface area contributed by atoms with Crippen molar-refractivity contribution in [3.05, 3.63) is 18.0 Å². The monoisotopic (exact) mass is 257 g/mol. The molecule has 0 bridgehead atoms. The molecule has 7 heteroatoms. The number of nitrogens with two attached hydrogens (primary N) is 1. The minimum Gasteiger partial charge on any atom is -0.390 e. The first-order valence-electron chi connectivity index (χ1n) is 5.07. The van der Waals surface area contributed by atoms with E-state index in [1.165, 1.54) is 19.3 Å². The highest BCUT2D eigenvalue weighted by Gasteiger charge is 2.19. The number of carbonyl (C=O) groups is 1. The molecule has 6 nitrogen and oxygen atoms in total. The fourth-order valence-electron chi connectivity index (χ4n) is 1.20. The molecule has 0 aliphatic carbocycles. The molecule has 0 aliphatic rings. The van der Waals surface area contributed by atoms with Gasteiger partial charge < -0.3 is 15.9 Å². The van der Waals surface area contributed by atoms with Crippen molar-refractivity contribution in [1.82, 2.24) is 9.97 Å². The Labute approximate surface area is 103 Å². The Balaban J connectivity index is 2.48. The zero-order valence-electron chi connectivity index (χ0n) is 9.41. The normalized spacial score (nSPS) is 14.3. The maximum Gasteiger partial charge on any atom is 0.219 e. The van der Waals surface area contributed by atoms with Gasteiger partial charge in [-0.15, -0.1) is 0 Å². The molecule has 0 saturated carbocycles. The van der Waals surface area contributed by atoms with Crippen molar-refractivity contribution in [2.75, 3.05) is 11.5 Å². The molecule has 0 saturated heterocycles. The fourth-order valence-corrected chi connectivity index (χ4v) is 1.85. The number of hydrogen-bond donors (Lipinski definition) is 3. The highest BCUT2D eigenvalue weighted by Crippen LogP contribution is 2.19. The van der Waals surface area contributed by atoms with Crippen LogP contribution in [-0.2, 0) is 4.79 Å². The molecule has 4 N–H and O–H groups in total. The molecule has 2 unspecified atom stereocenters. The molecule has 0 radical (unpaired) electrons. The van der Waals surface area contributed by atoms with E-state index in [9.17, 15) is 15.0 Å². The number of nitrogen functional groups attached to an aromatic ring is 1. The number of aliphatic hydroxyl groups excluding tert-OH is 2. The van der Waals surface area contributed by atoms with Crippen molar-refractivity contribution in [2.45, 2.75) is 25.6 Å². The van der Waals surface area contributed by atoms with E-state index in [-0.39, 0.29) is 11.1 Å². The Morgan fingerprint density at radius 2 is 2.06 bits per heavy atom.